The van der Waals surface area contributed by atoms with E-state index in [1.165, 1.54) is 38.5 Å². The lowest BCUT2D eigenvalue weighted by Gasteiger charge is -2.35. The van der Waals surface area contributed by atoms with Gasteiger partial charge >= 0.3 is 0 Å². The number of amides is 1. The number of nitrogens with two attached hydrogens (primary N) is 1. The molecule has 0 aromatic rings. The van der Waals surface area contributed by atoms with Gasteiger partial charge in [0, 0.05) is 19.1 Å². The first-order valence-corrected chi connectivity index (χ1v) is 7.24. The Bertz CT molecular complexity index is 265. The van der Waals surface area contributed by atoms with Gasteiger partial charge in [-0.2, -0.15) is 0 Å². The smallest absolute Gasteiger partial charge is 0.230 e. The molecule has 2 saturated carbocycles. The Morgan fingerprint density at radius 1 is 1.24 bits per heavy atom. The lowest BCUT2D eigenvalue weighted by atomic mass is 9.79. The number of nitrogens with zero attached hydrogens (tertiary/aromatic N) is 1. The third-order valence-electron chi connectivity index (χ3n) is 4.49. The van der Waals surface area contributed by atoms with Crippen molar-refractivity contribution >= 4 is 5.91 Å². The number of carbonyl (C=O) groups is 1. The van der Waals surface area contributed by atoms with Gasteiger partial charge in [-0.25, -0.2) is 0 Å². The van der Waals surface area contributed by atoms with Gasteiger partial charge in [0.1, 0.15) is 0 Å². The fraction of sp³-hybridized carbons (Fsp3) is 0.929. The first-order valence-electron chi connectivity index (χ1n) is 7.24. The van der Waals surface area contributed by atoms with Gasteiger partial charge in [-0.15, -0.1) is 0 Å². The highest BCUT2D eigenvalue weighted by molar-refractivity contribution is 5.83. The van der Waals surface area contributed by atoms with Crippen molar-refractivity contribution in [2.24, 2.45) is 11.1 Å². The second-order valence-corrected chi connectivity index (χ2v) is 5.72. The maximum Gasteiger partial charge on any atom is 0.230 e. The Balaban J connectivity index is 2.11. The predicted molar refractivity (Wildman–Crippen MR) is 69.6 cm³/mol. The summed E-state index contributed by atoms with van der Waals surface area (Å²) in [7, 11) is 0. The fourth-order valence-corrected chi connectivity index (χ4v) is 3.17. The van der Waals surface area contributed by atoms with Crippen LogP contribution in [-0.2, 0) is 4.79 Å². The molecule has 2 fully saturated rings. The molecule has 0 aromatic heterocycles. The van der Waals surface area contributed by atoms with Crippen molar-refractivity contribution in [2.45, 2.75) is 64.3 Å². The van der Waals surface area contributed by atoms with Gasteiger partial charge in [-0.3, -0.25) is 4.79 Å². The molecule has 0 atom stereocenters. The molecule has 3 heteroatoms. The zero-order chi connectivity index (χ0) is 12.3. The van der Waals surface area contributed by atoms with Crippen molar-refractivity contribution in [3.05, 3.63) is 0 Å². The molecule has 0 spiro atoms. The maximum absolute atomic E-state index is 12.8. The van der Waals surface area contributed by atoms with Crippen LogP contribution in [0.2, 0.25) is 0 Å². The van der Waals surface area contributed by atoms with Crippen molar-refractivity contribution in [1.29, 1.82) is 0 Å². The van der Waals surface area contributed by atoms with Gasteiger partial charge in [0.05, 0.1) is 5.41 Å². The first kappa shape index (κ1) is 12.9. The molecule has 17 heavy (non-hydrogen) atoms. The summed E-state index contributed by atoms with van der Waals surface area (Å²) in [6.07, 6.45) is 9.28. The molecule has 0 saturated heterocycles. The van der Waals surface area contributed by atoms with Crippen molar-refractivity contribution in [1.82, 2.24) is 4.90 Å². The molecule has 2 aliphatic carbocycles. The van der Waals surface area contributed by atoms with E-state index in [4.69, 9.17) is 5.73 Å². The summed E-state index contributed by atoms with van der Waals surface area (Å²) in [4.78, 5) is 14.9. The van der Waals surface area contributed by atoms with Crippen LogP contribution < -0.4 is 5.73 Å². The summed E-state index contributed by atoms with van der Waals surface area (Å²) in [5.41, 5.74) is 5.75. The zero-order valence-electron chi connectivity index (χ0n) is 11.1. The highest BCUT2D eigenvalue weighted by Gasteiger charge is 2.43. The van der Waals surface area contributed by atoms with Gasteiger partial charge in [-0.1, -0.05) is 25.7 Å². The quantitative estimate of drug-likeness (QED) is 0.764. The van der Waals surface area contributed by atoms with Crippen LogP contribution >= 0.6 is 0 Å². The maximum atomic E-state index is 12.8. The average molecular weight is 238 g/mol. The standard InChI is InChI=1S/C14H26N2O/c1-2-16(12-7-8-12)13(17)14(11-15)9-5-3-4-6-10-14/h12H,2-11,15H2,1H3. The molecule has 2 N–H and O–H groups in total. The number of rotatable bonds is 4. The molecule has 98 valence electrons. The summed E-state index contributed by atoms with van der Waals surface area (Å²) in [5.74, 6) is 0.354. The molecule has 0 bridgehead atoms. The van der Waals surface area contributed by atoms with E-state index in [-0.39, 0.29) is 5.41 Å². The molecular weight excluding hydrogens is 212 g/mol. The average Bonchev–Trinajstić information content (AvgIpc) is 3.16. The molecule has 1 amide bonds. The number of hydrogen-bond acceptors (Lipinski definition) is 2. The van der Waals surface area contributed by atoms with Crippen LogP contribution in [-0.4, -0.2) is 29.9 Å². The Labute approximate surface area is 105 Å². The molecule has 3 nitrogen and oxygen atoms in total. The van der Waals surface area contributed by atoms with Gasteiger partial charge < -0.3 is 10.6 Å². The van der Waals surface area contributed by atoms with Crippen LogP contribution in [0.4, 0.5) is 0 Å². The van der Waals surface area contributed by atoms with Crippen LogP contribution in [0.1, 0.15) is 58.3 Å². The molecular formula is C14H26N2O. The SMILES string of the molecule is CCN(C(=O)C1(CN)CCCCCC1)C1CC1. The first-order chi connectivity index (χ1) is 8.23. The summed E-state index contributed by atoms with van der Waals surface area (Å²) >= 11 is 0. The number of hydrogen-bond donors (Lipinski definition) is 1. The van der Waals surface area contributed by atoms with E-state index in [1.54, 1.807) is 0 Å². The normalized spacial score (nSPS) is 24.1. The molecule has 2 aliphatic rings. The summed E-state index contributed by atoms with van der Waals surface area (Å²) in [6.45, 7) is 3.48. The van der Waals surface area contributed by atoms with Gasteiger partial charge in [0.15, 0.2) is 0 Å². The van der Waals surface area contributed by atoms with Crippen LogP contribution in [0.15, 0.2) is 0 Å². The van der Waals surface area contributed by atoms with E-state index in [9.17, 15) is 4.79 Å². The second-order valence-electron chi connectivity index (χ2n) is 5.72. The summed E-state index contributed by atoms with van der Waals surface area (Å²) in [5, 5.41) is 0. The molecule has 0 aromatic carbocycles. The van der Waals surface area contributed by atoms with Crippen molar-refractivity contribution in [2.75, 3.05) is 13.1 Å². The zero-order valence-corrected chi connectivity index (χ0v) is 11.1. The van der Waals surface area contributed by atoms with Gasteiger partial charge in [-0.05, 0) is 32.6 Å². The van der Waals surface area contributed by atoms with Crippen LogP contribution in [0, 0.1) is 5.41 Å². The minimum Gasteiger partial charge on any atom is -0.339 e. The summed E-state index contributed by atoms with van der Waals surface area (Å²) in [6, 6.07) is 0.527. The lowest BCUT2D eigenvalue weighted by Crippen LogP contribution is -2.48. The van der Waals surface area contributed by atoms with E-state index < -0.39 is 0 Å². The molecule has 2 rings (SSSR count). The van der Waals surface area contributed by atoms with E-state index in [2.05, 4.69) is 11.8 Å². The van der Waals surface area contributed by atoms with Crippen LogP contribution in [0.3, 0.4) is 0 Å². The third-order valence-corrected chi connectivity index (χ3v) is 4.49. The molecule has 0 aliphatic heterocycles. The van der Waals surface area contributed by atoms with Crippen molar-refractivity contribution in [3.63, 3.8) is 0 Å². The Morgan fingerprint density at radius 3 is 2.24 bits per heavy atom. The van der Waals surface area contributed by atoms with Crippen molar-refractivity contribution in [3.8, 4) is 0 Å². The Kier molecular flexibility index (Phi) is 4.08. The Hall–Kier alpha value is -0.570. The molecule has 0 radical (unpaired) electrons. The topological polar surface area (TPSA) is 46.3 Å². The minimum absolute atomic E-state index is 0.227. The third kappa shape index (κ3) is 2.65. The van der Waals surface area contributed by atoms with Crippen molar-refractivity contribution < 1.29 is 4.79 Å². The minimum atomic E-state index is -0.227. The summed E-state index contributed by atoms with van der Waals surface area (Å²) < 4.78 is 0. The predicted octanol–water partition coefficient (Wildman–Crippen LogP) is 2.30. The number of carbonyl (C=O) groups excluding carboxylic acids is 1. The fourth-order valence-electron chi connectivity index (χ4n) is 3.17. The lowest BCUT2D eigenvalue weighted by molar-refractivity contribution is -0.143. The highest BCUT2D eigenvalue weighted by atomic mass is 16.2. The van der Waals surface area contributed by atoms with Gasteiger partial charge in [0.2, 0.25) is 5.91 Å². The molecule has 0 heterocycles. The second kappa shape index (κ2) is 5.38. The van der Waals surface area contributed by atoms with Crippen LogP contribution in [0.5, 0.6) is 0 Å². The largest absolute Gasteiger partial charge is 0.339 e. The monoisotopic (exact) mass is 238 g/mol. The Morgan fingerprint density at radius 2 is 1.82 bits per heavy atom. The van der Waals surface area contributed by atoms with E-state index in [0.29, 0.717) is 18.5 Å². The van der Waals surface area contributed by atoms with Gasteiger partial charge in [0.25, 0.3) is 0 Å². The van der Waals surface area contributed by atoms with E-state index >= 15 is 0 Å². The van der Waals surface area contributed by atoms with E-state index in [1.807, 2.05) is 0 Å². The highest BCUT2D eigenvalue weighted by Crippen LogP contribution is 2.38. The van der Waals surface area contributed by atoms with Crippen LogP contribution in [0.25, 0.3) is 0 Å². The van der Waals surface area contributed by atoms with E-state index in [0.717, 1.165) is 19.4 Å². The molecule has 0 unspecified atom stereocenters.